The van der Waals surface area contributed by atoms with Gasteiger partial charge in [-0.05, 0) is 84.3 Å². The summed E-state index contributed by atoms with van der Waals surface area (Å²) in [6, 6.07) is 16.1. The van der Waals surface area contributed by atoms with Crippen LogP contribution in [0, 0.1) is 25.7 Å². The minimum Gasteiger partial charge on any atom is -0.506 e. The van der Waals surface area contributed by atoms with Gasteiger partial charge in [0.05, 0.1) is 33.8 Å². The Kier molecular flexibility index (Phi) is 8.68. The molecule has 0 aliphatic carbocycles. The fraction of sp³-hybridized carbons (Fsp3) is 0.344. The van der Waals surface area contributed by atoms with Gasteiger partial charge in [-0.15, -0.1) is 0 Å². The van der Waals surface area contributed by atoms with Gasteiger partial charge in [0.1, 0.15) is 17.2 Å². The first kappa shape index (κ1) is 27.8. The largest absolute Gasteiger partial charge is 0.506 e. The lowest BCUT2D eigenvalue weighted by Crippen LogP contribution is -2.34. The number of carbonyl (C=O) groups is 1. The predicted octanol–water partition coefficient (Wildman–Crippen LogP) is 5.87. The molecule has 194 valence electrons. The zero-order chi connectivity index (χ0) is 27.3. The molecular formula is C32H38NO4+. The van der Waals surface area contributed by atoms with E-state index < -0.39 is 5.97 Å². The van der Waals surface area contributed by atoms with Crippen molar-refractivity contribution in [1.29, 1.82) is 0 Å². The molecule has 0 unspecified atom stereocenters. The van der Waals surface area contributed by atoms with Crippen molar-refractivity contribution in [1.82, 2.24) is 4.48 Å². The molecule has 5 nitrogen and oxygen atoms in total. The van der Waals surface area contributed by atoms with Gasteiger partial charge in [-0.3, -0.25) is 4.48 Å². The highest BCUT2D eigenvalue weighted by Crippen LogP contribution is 2.32. The molecule has 0 atom stereocenters. The number of aryl methyl sites for hydroxylation is 2. The quantitative estimate of drug-likeness (QED) is 0.250. The molecule has 5 heteroatoms. The summed E-state index contributed by atoms with van der Waals surface area (Å²) in [5.74, 6) is 7.06. The van der Waals surface area contributed by atoms with E-state index in [0.29, 0.717) is 17.7 Å². The first-order valence-electron chi connectivity index (χ1n) is 12.5. The van der Waals surface area contributed by atoms with Crippen LogP contribution in [0.4, 0.5) is 5.69 Å². The maximum Gasteiger partial charge on any atom is 0.343 e. The Balaban J connectivity index is 1.93. The molecule has 3 rings (SSSR count). The molecule has 0 aliphatic rings. The summed E-state index contributed by atoms with van der Waals surface area (Å²) < 4.78 is 11.0. The lowest BCUT2D eigenvalue weighted by atomic mass is 9.91. The first-order valence-corrected chi connectivity index (χ1v) is 12.5. The monoisotopic (exact) mass is 500 g/mol. The number of methoxy groups -OCH3 is 1. The second-order valence-electron chi connectivity index (χ2n) is 10.6. The van der Waals surface area contributed by atoms with Crippen molar-refractivity contribution in [2.45, 2.75) is 40.0 Å². The Bertz CT molecular complexity index is 1310. The van der Waals surface area contributed by atoms with Crippen LogP contribution in [0.5, 0.6) is 11.5 Å². The molecule has 0 aromatic heterocycles. The summed E-state index contributed by atoms with van der Waals surface area (Å²) >= 11 is 0. The van der Waals surface area contributed by atoms with Crippen LogP contribution in [-0.2, 0) is 16.0 Å². The average Bonchev–Trinajstić information content (AvgIpc) is 2.84. The SMILES string of the molecule is COC(=O)COc1cc(C)c(Cc2cc(C#Cc3ccc([N+](C)(C)C)cc3)c(O)c(C(C)C)c2)c(C)c1. The fourth-order valence-corrected chi connectivity index (χ4v) is 4.21. The van der Waals surface area contributed by atoms with E-state index in [2.05, 4.69) is 69.8 Å². The smallest absolute Gasteiger partial charge is 0.343 e. The number of hydrogen-bond acceptors (Lipinski definition) is 4. The van der Waals surface area contributed by atoms with Gasteiger partial charge in [-0.1, -0.05) is 31.8 Å². The predicted molar refractivity (Wildman–Crippen MR) is 150 cm³/mol. The molecule has 3 aromatic carbocycles. The Labute approximate surface area is 221 Å². The zero-order valence-corrected chi connectivity index (χ0v) is 23.2. The third-order valence-electron chi connectivity index (χ3n) is 6.44. The van der Waals surface area contributed by atoms with Crippen LogP contribution in [0.3, 0.4) is 0 Å². The second kappa shape index (κ2) is 11.5. The van der Waals surface area contributed by atoms with Gasteiger partial charge in [0.15, 0.2) is 6.61 Å². The van der Waals surface area contributed by atoms with Gasteiger partial charge in [-0.2, -0.15) is 0 Å². The van der Waals surface area contributed by atoms with E-state index in [-0.39, 0.29) is 18.3 Å². The fourth-order valence-electron chi connectivity index (χ4n) is 4.21. The van der Waals surface area contributed by atoms with Crippen molar-refractivity contribution in [2.24, 2.45) is 0 Å². The van der Waals surface area contributed by atoms with Crippen LogP contribution < -0.4 is 9.22 Å². The van der Waals surface area contributed by atoms with Crippen LogP contribution in [0.15, 0.2) is 48.5 Å². The number of carbonyl (C=O) groups excluding carboxylic acids is 1. The summed E-state index contributed by atoms with van der Waals surface area (Å²) in [7, 11) is 7.73. The molecule has 0 radical (unpaired) electrons. The summed E-state index contributed by atoms with van der Waals surface area (Å²) in [6.45, 7) is 8.10. The number of rotatable bonds is 7. The van der Waals surface area contributed by atoms with Gasteiger partial charge < -0.3 is 14.6 Å². The summed E-state index contributed by atoms with van der Waals surface area (Å²) in [5.41, 5.74) is 8.03. The van der Waals surface area contributed by atoms with Gasteiger partial charge in [0.25, 0.3) is 0 Å². The number of hydrogen-bond donors (Lipinski definition) is 1. The third-order valence-corrected chi connectivity index (χ3v) is 6.44. The molecule has 0 aliphatic heterocycles. The summed E-state index contributed by atoms with van der Waals surface area (Å²) in [5, 5.41) is 11.0. The van der Waals surface area contributed by atoms with Gasteiger partial charge >= 0.3 is 5.97 Å². The van der Waals surface area contributed by atoms with Crippen LogP contribution >= 0.6 is 0 Å². The van der Waals surface area contributed by atoms with Crippen molar-refractivity contribution in [3.8, 4) is 23.3 Å². The number of ether oxygens (including phenoxy) is 2. The molecule has 0 saturated heterocycles. The number of quaternary nitrogens is 1. The van der Waals surface area contributed by atoms with E-state index >= 15 is 0 Å². The summed E-state index contributed by atoms with van der Waals surface area (Å²) in [4.78, 5) is 11.4. The molecule has 0 fully saturated rings. The highest BCUT2D eigenvalue weighted by molar-refractivity contribution is 5.71. The molecule has 0 spiro atoms. The number of phenols is 1. The van der Waals surface area contributed by atoms with E-state index in [9.17, 15) is 9.90 Å². The van der Waals surface area contributed by atoms with Crippen molar-refractivity contribution < 1.29 is 19.4 Å². The van der Waals surface area contributed by atoms with Crippen LogP contribution in [0.25, 0.3) is 0 Å². The number of esters is 1. The molecule has 0 amide bonds. The lowest BCUT2D eigenvalue weighted by molar-refractivity contribution is -0.142. The number of benzene rings is 3. The molecule has 3 aromatic rings. The van der Waals surface area contributed by atoms with Gasteiger partial charge in [-0.25, -0.2) is 4.79 Å². The first-order chi connectivity index (χ1) is 17.4. The summed E-state index contributed by atoms with van der Waals surface area (Å²) in [6.07, 6.45) is 0.696. The molecule has 1 N–H and O–H groups in total. The highest BCUT2D eigenvalue weighted by atomic mass is 16.6. The van der Waals surface area contributed by atoms with Gasteiger partial charge in [0.2, 0.25) is 0 Å². The standard InChI is InChI=1S/C32H37NO4/c1-21(2)29-18-25(19-30-22(3)15-28(16-23(30)4)37-20-31(34)36-8)17-26(32(29)35)12-9-24-10-13-27(14-11-24)33(5,6)7/h10-11,13-18,21H,19-20H2,1-8H3/p+1. The average molecular weight is 501 g/mol. The highest BCUT2D eigenvalue weighted by Gasteiger charge is 2.15. The Morgan fingerprint density at radius 3 is 2.14 bits per heavy atom. The van der Waals surface area contributed by atoms with E-state index in [1.807, 2.05) is 44.2 Å². The Morgan fingerprint density at radius 2 is 1.59 bits per heavy atom. The van der Waals surface area contributed by atoms with Crippen molar-refractivity contribution in [2.75, 3.05) is 34.9 Å². The minimum absolute atomic E-state index is 0.121. The Morgan fingerprint density at radius 1 is 0.973 bits per heavy atom. The normalized spacial score (nSPS) is 11.2. The third kappa shape index (κ3) is 7.15. The van der Waals surface area contributed by atoms with E-state index in [4.69, 9.17) is 4.74 Å². The minimum atomic E-state index is -0.414. The lowest BCUT2D eigenvalue weighted by Gasteiger charge is -2.23. The number of nitrogens with zero attached hydrogens (tertiary/aromatic N) is 1. The molecule has 0 saturated carbocycles. The van der Waals surface area contributed by atoms with Crippen molar-refractivity contribution in [3.05, 3.63) is 87.5 Å². The Hall–Kier alpha value is -3.75. The second-order valence-corrected chi connectivity index (χ2v) is 10.6. The molecule has 0 bridgehead atoms. The number of aromatic hydroxyl groups is 1. The van der Waals surface area contributed by atoms with Crippen LogP contribution in [0.1, 0.15) is 58.7 Å². The van der Waals surface area contributed by atoms with Crippen molar-refractivity contribution in [3.63, 3.8) is 0 Å². The maximum atomic E-state index is 11.4. The maximum absolute atomic E-state index is 11.4. The van der Waals surface area contributed by atoms with Crippen molar-refractivity contribution >= 4 is 11.7 Å². The molecule has 37 heavy (non-hydrogen) atoms. The van der Waals surface area contributed by atoms with E-state index in [1.54, 1.807) is 0 Å². The van der Waals surface area contributed by atoms with Gasteiger partial charge in [0, 0.05) is 17.7 Å². The topological polar surface area (TPSA) is 55.8 Å². The van der Waals surface area contributed by atoms with E-state index in [1.165, 1.54) is 18.4 Å². The van der Waals surface area contributed by atoms with Crippen LogP contribution in [-0.4, -0.2) is 45.9 Å². The van der Waals surface area contributed by atoms with Crippen LogP contribution in [0.2, 0.25) is 0 Å². The zero-order valence-electron chi connectivity index (χ0n) is 23.2. The number of phenolic OH excluding ortho intramolecular Hbond substituents is 1. The van der Waals surface area contributed by atoms with E-state index in [0.717, 1.165) is 32.3 Å². The molecule has 0 heterocycles. The molecular weight excluding hydrogens is 462 g/mol.